The molecule has 1 fully saturated rings. The number of pyridine rings is 1. The Kier molecular flexibility index (Phi) is 5.17. The number of anilines is 1. The van der Waals surface area contributed by atoms with Gasteiger partial charge in [0.2, 0.25) is 11.5 Å². The molecule has 1 amide bonds. The standard InChI is InChI=1S/C20H21FN6O3/c1-12(11-21)23-19-22-8-6-15(25-19)13-4-3-5-14(24-13)16-10-17(30-26-16)20(29)7-9-27(2)18(20)28/h3-6,8,10,12,29H,7,9,11H2,1-2H3,(H,22,23,25)/t12-,20-/m1/s1. The molecule has 0 bridgehead atoms. The molecule has 0 aromatic carbocycles. The fraction of sp³-hybridized carbons (Fsp3) is 0.350. The molecule has 0 spiro atoms. The highest BCUT2D eigenvalue weighted by Gasteiger charge is 2.48. The lowest BCUT2D eigenvalue weighted by Gasteiger charge is -2.16. The average molecular weight is 412 g/mol. The van der Waals surface area contributed by atoms with Gasteiger partial charge in [-0.1, -0.05) is 11.2 Å². The largest absolute Gasteiger partial charge is 0.373 e. The van der Waals surface area contributed by atoms with Crippen LogP contribution in [0, 0.1) is 0 Å². The molecule has 2 atom stereocenters. The molecule has 0 unspecified atom stereocenters. The number of likely N-dealkylation sites (N-methyl/N-ethyl adjacent to an activating group) is 1. The number of alkyl halides is 1. The molecule has 4 heterocycles. The Morgan fingerprint density at radius 3 is 2.70 bits per heavy atom. The van der Waals surface area contributed by atoms with Gasteiger partial charge >= 0.3 is 0 Å². The number of aromatic nitrogens is 4. The maximum Gasteiger partial charge on any atom is 0.262 e. The number of hydrogen-bond acceptors (Lipinski definition) is 8. The number of hydrogen-bond donors (Lipinski definition) is 2. The molecule has 30 heavy (non-hydrogen) atoms. The van der Waals surface area contributed by atoms with Crippen molar-refractivity contribution in [3.8, 4) is 22.8 Å². The molecule has 0 saturated carbocycles. The number of halogens is 1. The Labute approximate surface area is 172 Å². The lowest BCUT2D eigenvalue weighted by molar-refractivity contribution is -0.144. The van der Waals surface area contributed by atoms with Crippen LogP contribution in [0.1, 0.15) is 19.1 Å². The van der Waals surface area contributed by atoms with Crippen LogP contribution in [0.3, 0.4) is 0 Å². The van der Waals surface area contributed by atoms with Gasteiger partial charge in [0.05, 0.1) is 23.1 Å². The lowest BCUT2D eigenvalue weighted by atomic mass is 9.98. The van der Waals surface area contributed by atoms with Gasteiger partial charge in [-0.05, 0) is 25.1 Å². The van der Waals surface area contributed by atoms with Crippen LogP contribution in [0.25, 0.3) is 22.8 Å². The molecule has 10 heteroatoms. The van der Waals surface area contributed by atoms with Crippen molar-refractivity contribution in [2.45, 2.75) is 25.0 Å². The van der Waals surface area contributed by atoms with Gasteiger partial charge in [0.15, 0.2) is 5.76 Å². The highest BCUT2D eigenvalue weighted by atomic mass is 19.1. The minimum atomic E-state index is -1.71. The first-order chi connectivity index (χ1) is 14.4. The van der Waals surface area contributed by atoms with E-state index >= 15 is 0 Å². The zero-order valence-corrected chi connectivity index (χ0v) is 16.5. The number of amides is 1. The van der Waals surface area contributed by atoms with E-state index in [-0.39, 0.29) is 12.2 Å². The normalized spacial score (nSPS) is 19.9. The quantitative estimate of drug-likeness (QED) is 0.631. The number of rotatable bonds is 6. The van der Waals surface area contributed by atoms with Crippen LogP contribution in [0.15, 0.2) is 41.1 Å². The first-order valence-electron chi connectivity index (χ1n) is 9.49. The van der Waals surface area contributed by atoms with Crippen molar-refractivity contribution in [2.75, 3.05) is 25.6 Å². The van der Waals surface area contributed by atoms with Gasteiger partial charge in [-0.3, -0.25) is 4.79 Å². The molecule has 3 aromatic rings. The molecule has 1 saturated heterocycles. The van der Waals surface area contributed by atoms with Crippen LogP contribution in [0.4, 0.5) is 10.3 Å². The van der Waals surface area contributed by atoms with Gasteiger partial charge in [-0.15, -0.1) is 0 Å². The van der Waals surface area contributed by atoms with E-state index in [2.05, 4.69) is 25.4 Å². The maximum atomic E-state index is 12.7. The number of aliphatic hydroxyl groups is 1. The molecule has 1 aliphatic heterocycles. The first kappa shape index (κ1) is 19.9. The fourth-order valence-electron chi connectivity index (χ4n) is 3.22. The van der Waals surface area contributed by atoms with Crippen LogP contribution < -0.4 is 5.32 Å². The number of nitrogens with zero attached hydrogens (tertiary/aromatic N) is 5. The Hall–Kier alpha value is -3.40. The summed E-state index contributed by atoms with van der Waals surface area (Å²) in [7, 11) is 1.63. The minimum absolute atomic E-state index is 0.0905. The number of carbonyl (C=O) groups excluding carboxylic acids is 1. The molecule has 156 valence electrons. The maximum absolute atomic E-state index is 12.7. The monoisotopic (exact) mass is 412 g/mol. The molecule has 0 radical (unpaired) electrons. The van der Waals surface area contributed by atoms with Gasteiger partial charge in [0, 0.05) is 32.3 Å². The Morgan fingerprint density at radius 1 is 1.27 bits per heavy atom. The molecule has 4 rings (SSSR count). The van der Waals surface area contributed by atoms with E-state index in [1.807, 2.05) is 0 Å². The topological polar surface area (TPSA) is 117 Å². The van der Waals surface area contributed by atoms with Crippen molar-refractivity contribution in [3.05, 3.63) is 42.3 Å². The zero-order chi connectivity index (χ0) is 21.3. The van der Waals surface area contributed by atoms with E-state index in [0.717, 1.165) is 0 Å². The number of likely N-dealkylation sites (tertiary alicyclic amines) is 1. The van der Waals surface area contributed by atoms with Crippen LogP contribution in [-0.4, -0.2) is 62.3 Å². The summed E-state index contributed by atoms with van der Waals surface area (Å²) in [6, 6.07) is 8.12. The van der Waals surface area contributed by atoms with E-state index in [4.69, 9.17) is 4.52 Å². The molecule has 0 aliphatic carbocycles. The van der Waals surface area contributed by atoms with Gasteiger partial charge in [-0.25, -0.2) is 19.3 Å². The van der Waals surface area contributed by atoms with E-state index in [9.17, 15) is 14.3 Å². The van der Waals surface area contributed by atoms with Crippen molar-refractivity contribution < 1.29 is 18.8 Å². The minimum Gasteiger partial charge on any atom is -0.373 e. The summed E-state index contributed by atoms with van der Waals surface area (Å²) in [5.74, 6) is -0.0251. The molecule has 9 nitrogen and oxygen atoms in total. The van der Waals surface area contributed by atoms with E-state index in [0.29, 0.717) is 35.3 Å². The van der Waals surface area contributed by atoms with Gasteiger partial charge < -0.3 is 19.8 Å². The van der Waals surface area contributed by atoms with Crippen molar-refractivity contribution in [3.63, 3.8) is 0 Å². The third-order valence-corrected chi connectivity index (χ3v) is 4.96. The zero-order valence-electron chi connectivity index (χ0n) is 16.5. The second-order valence-electron chi connectivity index (χ2n) is 7.29. The lowest BCUT2D eigenvalue weighted by Crippen LogP contribution is -2.35. The smallest absolute Gasteiger partial charge is 0.262 e. The number of carbonyl (C=O) groups is 1. The second kappa shape index (κ2) is 7.79. The molecule has 1 aliphatic rings. The molecular formula is C20H21FN6O3. The van der Waals surface area contributed by atoms with Crippen molar-refractivity contribution in [2.24, 2.45) is 0 Å². The fourth-order valence-corrected chi connectivity index (χ4v) is 3.22. The average Bonchev–Trinajstić information content (AvgIpc) is 3.36. The molecular weight excluding hydrogens is 391 g/mol. The van der Waals surface area contributed by atoms with Crippen LogP contribution >= 0.6 is 0 Å². The summed E-state index contributed by atoms with van der Waals surface area (Å²) >= 11 is 0. The summed E-state index contributed by atoms with van der Waals surface area (Å²) in [5.41, 5.74) is 0.287. The van der Waals surface area contributed by atoms with Gasteiger partial charge in [-0.2, -0.15) is 0 Å². The Bertz CT molecular complexity index is 1070. The van der Waals surface area contributed by atoms with Crippen LogP contribution in [-0.2, 0) is 10.4 Å². The predicted octanol–water partition coefficient (Wildman–Crippen LogP) is 2.01. The summed E-state index contributed by atoms with van der Waals surface area (Å²) in [6.45, 7) is 1.59. The summed E-state index contributed by atoms with van der Waals surface area (Å²) < 4.78 is 18.0. The van der Waals surface area contributed by atoms with Crippen LogP contribution in [0.5, 0.6) is 0 Å². The summed E-state index contributed by atoms with van der Waals surface area (Å²) in [4.78, 5) is 26.8. The van der Waals surface area contributed by atoms with E-state index < -0.39 is 24.2 Å². The van der Waals surface area contributed by atoms with Gasteiger partial charge in [0.25, 0.3) is 5.91 Å². The highest BCUT2D eigenvalue weighted by Crippen LogP contribution is 2.34. The third kappa shape index (κ3) is 3.61. The van der Waals surface area contributed by atoms with Crippen LogP contribution in [0.2, 0.25) is 0 Å². The second-order valence-corrected chi connectivity index (χ2v) is 7.29. The summed E-state index contributed by atoms with van der Waals surface area (Å²) in [6.07, 6.45) is 1.80. The SMILES string of the molecule is C[C@H](CF)Nc1nccc(-c2cccc(-c3cc([C@]4(O)CCN(C)C4=O)on3)n2)n1. The van der Waals surface area contributed by atoms with E-state index in [1.54, 1.807) is 44.4 Å². The molecule has 2 N–H and O–H groups in total. The first-order valence-corrected chi connectivity index (χ1v) is 9.49. The predicted molar refractivity (Wildman–Crippen MR) is 106 cm³/mol. The highest BCUT2D eigenvalue weighted by molar-refractivity contribution is 5.87. The Morgan fingerprint density at radius 2 is 2.00 bits per heavy atom. The van der Waals surface area contributed by atoms with Crippen molar-refractivity contribution in [1.82, 2.24) is 25.0 Å². The Balaban J connectivity index is 1.62. The number of nitrogens with one attached hydrogen (secondary N) is 1. The summed E-state index contributed by atoms with van der Waals surface area (Å²) in [5, 5.41) is 17.6. The van der Waals surface area contributed by atoms with E-state index in [1.165, 1.54) is 11.0 Å². The molecule has 3 aromatic heterocycles. The van der Waals surface area contributed by atoms with Gasteiger partial charge in [0.1, 0.15) is 12.4 Å². The van der Waals surface area contributed by atoms with Crippen molar-refractivity contribution >= 4 is 11.9 Å². The van der Waals surface area contributed by atoms with Crippen molar-refractivity contribution in [1.29, 1.82) is 0 Å². The third-order valence-electron chi connectivity index (χ3n) is 4.96.